The second kappa shape index (κ2) is 3.48. The summed E-state index contributed by atoms with van der Waals surface area (Å²) in [6, 6.07) is 2.58. The van der Waals surface area contributed by atoms with Gasteiger partial charge in [0.15, 0.2) is 0 Å². The van der Waals surface area contributed by atoms with E-state index in [1.54, 1.807) is 0 Å². The molecule has 1 unspecified atom stereocenters. The van der Waals surface area contributed by atoms with E-state index in [1.165, 1.54) is 24.1 Å². The quantitative estimate of drug-likeness (QED) is 0.737. The number of hydrogen-bond acceptors (Lipinski definition) is 3. The number of aromatic nitrogens is 1. The van der Waals surface area contributed by atoms with Crippen molar-refractivity contribution >= 4 is 11.5 Å². The molecule has 3 heteroatoms. The molecule has 1 atom stereocenters. The fourth-order valence-corrected chi connectivity index (χ4v) is 2.16. The van der Waals surface area contributed by atoms with Crippen LogP contribution in [0.4, 0.5) is 11.5 Å². The maximum atomic E-state index is 5.63. The first kappa shape index (κ1) is 9.31. The Balaban J connectivity index is 2.31. The SMILES string of the molecule is Cc1cc(N)ncc1N1CCCC1C. The third kappa shape index (κ3) is 1.54. The van der Waals surface area contributed by atoms with E-state index < -0.39 is 0 Å². The fraction of sp³-hybridized carbons (Fsp3) is 0.545. The van der Waals surface area contributed by atoms with Crippen LogP contribution < -0.4 is 10.6 Å². The van der Waals surface area contributed by atoms with Gasteiger partial charge in [0.1, 0.15) is 5.82 Å². The van der Waals surface area contributed by atoms with Crippen molar-refractivity contribution in [1.29, 1.82) is 0 Å². The molecule has 14 heavy (non-hydrogen) atoms. The Morgan fingerprint density at radius 2 is 2.36 bits per heavy atom. The lowest BCUT2D eigenvalue weighted by Gasteiger charge is -2.25. The van der Waals surface area contributed by atoms with Crippen LogP contribution in [0.3, 0.4) is 0 Å². The van der Waals surface area contributed by atoms with Crippen LogP contribution in [0.2, 0.25) is 0 Å². The van der Waals surface area contributed by atoms with Crippen LogP contribution in [-0.2, 0) is 0 Å². The van der Waals surface area contributed by atoms with E-state index in [0.717, 1.165) is 6.54 Å². The molecule has 0 aliphatic carbocycles. The summed E-state index contributed by atoms with van der Waals surface area (Å²) in [6.45, 7) is 5.51. The van der Waals surface area contributed by atoms with E-state index in [1.807, 2.05) is 12.3 Å². The molecule has 0 radical (unpaired) electrons. The van der Waals surface area contributed by atoms with Gasteiger partial charge in [0.05, 0.1) is 11.9 Å². The largest absolute Gasteiger partial charge is 0.384 e. The topological polar surface area (TPSA) is 42.1 Å². The third-order valence-electron chi connectivity index (χ3n) is 2.97. The number of rotatable bonds is 1. The maximum Gasteiger partial charge on any atom is 0.123 e. The molecule has 2 N–H and O–H groups in total. The number of nitrogen functional groups attached to an aromatic ring is 1. The van der Waals surface area contributed by atoms with Gasteiger partial charge in [-0.2, -0.15) is 0 Å². The summed E-state index contributed by atoms with van der Waals surface area (Å²) in [7, 11) is 0. The summed E-state index contributed by atoms with van der Waals surface area (Å²) in [5, 5.41) is 0. The highest BCUT2D eigenvalue weighted by Gasteiger charge is 2.21. The predicted octanol–water partition coefficient (Wildman–Crippen LogP) is 1.96. The van der Waals surface area contributed by atoms with Crippen LogP contribution in [0.5, 0.6) is 0 Å². The molecule has 2 rings (SSSR count). The zero-order chi connectivity index (χ0) is 10.1. The Bertz CT molecular complexity index is 335. The minimum Gasteiger partial charge on any atom is -0.384 e. The van der Waals surface area contributed by atoms with Gasteiger partial charge in [-0.25, -0.2) is 4.98 Å². The standard InChI is InChI=1S/C11H17N3/c1-8-6-11(12)13-7-10(8)14-5-3-4-9(14)2/h6-7,9H,3-5H2,1-2H3,(H2,12,13). The van der Waals surface area contributed by atoms with Gasteiger partial charge >= 0.3 is 0 Å². The van der Waals surface area contributed by atoms with Crippen LogP contribution in [0.1, 0.15) is 25.3 Å². The summed E-state index contributed by atoms with van der Waals surface area (Å²) in [6.07, 6.45) is 4.46. The Kier molecular flexibility index (Phi) is 2.32. The average Bonchev–Trinajstić information content (AvgIpc) is 2.52. The molecule has 3 nitrogen and oxygen atoms in total. The first-order chi connectivity index (χ1) is 6.68. The normalized spacial score (nSPS) is 21.6. The molecule has 0 spiro atoms. The van der Waals surface area contributed by atoms with Crippen molar-refractivity contribution in [2.45, 2.75) is 32.7 Å². The lowest BCUT2D eigenvalue weighted by Crippen LogP contribution is -2.27. The van der Waals surface area contributed by atoms with Gasteiger partial charge < -0.3 is 10.6 Å². The van der Waals surface area contributed by atoms with E-state index in [0.29, 0.717) is 11.9 Å². The number of pyridine rings is 1. The highest BCUT2D eigenvalue weighted by Crippen LogP contribution is 2.27. The van der Waals surface area contributed by atoms with Crippen LogP contribution in [0.15, 0.2) is 12.3 Å². The first-order valence-electron chi connectivity index (χ1n) is 5.17. The molecule has 0 bridgehead atoms. The lowest BCUT2D eigenvalue weighted by molar-refractivity contribution is 0.732. The van der Waals surface area contributed by atoms with Gasteiger partial charge in [0, 0.05) is 12.6 Å². The number of anilines is 2. The maximum absolute atomic E-state index is 5.63. The molecule has 1 aromatic heterocycles. The molecule has 0 aromatic carbocycles. The van der Waals surface area contributed by atoms with E-state index in [9.17, 15) is 0 Å². The third-order valence-corrected chi connectivity index (χ3v) is 2.97. The summed E-state index contributed by atoms with van der Waals surface area (Å²) >= 11 is 0. The molecule has 76 valence electrons. The van der Waals surface area contributed by atoms with Crippen LogP contribution in [-0.4, -0.2) is 17.6 Å². The first-order valence-corrected chi connectivity index (χ1v) is 5.17. The zero-order valence-corrected chi connectivity index (χ0v) is 8.83. The number of nitrogens with zero attached hydrogens (tertiary/aromatic N) is 2. The molecular formula is C11H17N3. The smallest absolute Gasteiger partial charge is 0.123 e. The monoisotopic (exact) mass is 191 g/mol. The van der Waals surface area contributed by atoms with Crippen LogP contribution >= 0.6 is 0 Å². The van der Waals surface area contributed by atoms with E-state index >= 15 is 0 Å². The second-order valence-corrected chi connectivity index (χ2v) is 4.08. The Hall–Kier alpha value is -1.25. The average molecular weight is 191 g/mol. The van der Waals surface area contributed by atoms with Gasteiger partial charge in [0.25, 0.3) is 0 Å². The van der Waals surface area contributed by atoms with Gasteiger partial charge in [-0.15, -0.1) is 0 Å². The molecule has 0 amide bonds. The van der Waals surface area contributed by atoms with E-state index in [-0.39, 0.29) is 0 Å². The molecule has 1 aliphatic heterocycles. The summed E-state index contributed by atoms with van der Waals surface area (Å²) < 4.78 is 0. The molecule has 1 aliphatic rings. The van der Waals surface area contributed by atoms with Crippen molar-refractivity contribution in [2.24, 2.45) is 0 Å². The number of hydrogen-bond donors (Lipinski definition) is 1. The molecule has 1 aromatic rings. The fourth-order valence-electron chi connectivity index (χ4n) is 2.16. The molecule has 1 fully saturated rings. The van der Waals surface area contributed by atoms with Crippen molar-refractivity contribution in [3.63, 3.8) is 0 Å². The zero-order valence-electron chi connectivity index (χ0n) is 8.83. The minimum atomic E-state index is 0.609. The van der Waals surface area contributed by atoms with Crippen molar-refractivity contribution in [3.8, 4) is 0 Å². The van der Waals surface area contributed by atoms with Gasteiger partial charge in [-0.1, -0.05) is 0 Å². The highest BCUT2D eigenvalue weighted by molar-refractivity contribution is 5.56. The molecule has 1 saturated heterocycles. The van der Waals surface area contributed by atoms with Crippen LogP contribution in [0.25, 0.3) is 0 Å². The lowest BCUT2D eigenvalue weighted by atomic mass is 10.2. The summed E-state index contributed by atoms with van der Waals surface area (Å²) in [5.74, 6) is 0.609. The molecular weight excluding hydrogens is 174 g/mol. The van der Waals surface area contributed by atoms with E-state index in [2.05, 4.69) is 23.7 Å². The second-order valence-electron chi connectivity index (χ2n) is 4.08. The van der Waals surface area contributed by atoms with Crippen molar-refractivity contribution in [3.05, 3.63) is 17.8 Å². The van der Waals surface area contributed by atoms with Gasteiger partial charge in [-0.05, 0) is 38.3 Å². The summed E-state index contributed by atoms with van der Waals surface area (Å²) in [5.41, 5.74) is 8.10. The Morgan fingerprint density at radius 3 is 2.93 bits per heavy atom. The van der Waals surface area contributed by atoms with Crippen molar-refractivity contribution in [1.82, 2.24) is 4.98 Å². The number of nitrogens with two attached hydrogens (primary N) is 1. The predicted molar refractivity (Wildman–Crippen MR) is 59.4 cm³/mol. The van der Waals surface area contributed by atoms with E-state index in [4.69, 9.17) is 5.73 Å². The highest BCUT2D eigenvalue weighted by atomic mass is 15.2. The molecule has 2 heterocycles. The Labute approximate surface area is 84.9 Å². The van der Waals surface area contributed by atoms with Crippen molar-refractivity contribution < 1.29 is 0 Å². The minimum absolute atomic E-state index is 0.609. The number of aryl methyl sites for hydroxylation is 1. The Morgan fingerprint density at radius 1 is 1.57 bits per heavy atom. The van der Waals surface area contributed by atoms with Crippen molar-refractivity contribution in [2.75, 3.05) is 17.2 Å². The van der Waals surface area contributed by atoms with Gasteiger partial charge in [0.2, 0.25) is 0 Å². The molecule has 0 saturated carbocycles. The summed E-state index contributed by atoms with van der Waals surface area (Å²) in [4.78, 5) is 6.57. The van der Waals surface area contributed by atoms with Crippen LogP contribution in [0, 0.1) is 6.92 Å². The van der Waals surface area contributed by atoms with Gasteiger partial charge in [-0.3, -0.25) is 0 Å².